The highest BCUT2D eigenvalue weighted by Crippen LogP contribution is 2.38. The van der Waals surface area contributed by atoms with Crippen molar-refractivity contribution in [2.24, 2.45) is 0 Å². The molecular weight excluding hydrogens is 268 g/mol. The van der Waals surface area contributed by atoms with Crippen molar-refractivity contribution in [3.8, 4) is 0 Å². The van der Waals surface area contributed by atoms with Gasteiger partial charge in [-0.15, -0.1) is 5.10 Å². The van der Waals surface area contributed by atoms with E-state index in [4.69, 9.17) is 0 Å². The molecule has 2 aromatic rings. The molecule has 20 heavy (non-hydrogen) atoms. The zero-order valence-electron chi connectivity index (χ0n) is 11.6. The van der Waals surface area contributed by atoms with Crippen LogP contribution < -0.4 is 0 Å². The fraction of sp³-hybridized carbons (Fsp3) is 0.438. The van der Waals surface area contributed by atoms with Crippen LogP contribution in [-0.4, -0.2) is 15.4 Å². The third-order valence-electron chi connectivity index (χ3n) is 4.00. The van der Waals surface area contributed by atoms with E-state index < -0.39 is 0 Å². The molecule has 104 valence electrons. The molecule has 0 spiro atoms. The Morgan fingerprint density at radius 1 is 1.35 bits per heavy atom. The van der Waals surface area contributed by atoms with Gasteiger partial charge in [-0.2, -0.15) is 0 Å². The third-order valence-corrected chi connectivity index (χ3v) is 4.77. The fourth-order valence-electron chi connectivity index (χ4n) is 2.68. The minimum atomic E-state index is 0.103. The summed E-state index contributed by atoms with van der Waals surface area (Å²) < 4.78 is 3.97. The van der Waals surface area contributed by atoms with Gasteiger partial charge in [0.1, 0.15) is 4.88 Å². The molecule has 0 saturated heterocycles. The van der Waals surface area contributed by atoms with Gasteiger partial charge in [0.15, 0.2) is 0 Å². The van der Waals surface area contributed by atoms with Crippen LogP contribution in [0.2, 0.25) is 0 Å². The van der Waals surface area contributed by atoms with Crippen LogP contribution in [0.1, 0.15) is 65.0 Å². The van der Waals surface area contributed by atoms with Gasteiger partial charge in [0, 0.05) is 5.56 Å². The number of carbonyl (C=O) groups excluding carboxylic acids is 1. The maximum Gasteiger partial charge on any atom is 0.206 e. The van der Waals surface area contributed by atoms with Crippen LogP contribution in [0.15, 0.2) is 24.3 Å². The van der Waals surface area contributed by atoms with Gasteiger partial charge in [0.2, 0.25) is 5.78 Å². The summed E-state index contributed by atoms with van der Waals surface area (Å²) >= 11 is 1.23. The highest BCUT2D eigenvalue weighted by molar-refractivity contribution is 7.08. The summed E-state index contributed by atoms with van der Waals surface area (Å²) in [6, 6.07) is 8.03. The molecule has 0 amide bonds. The van der Waals surface area contributed by atoms with Crippen molar-refractivity contribution in [1.82, 2.24) is 9.59 Å². The molecule has 0 radical (unpaired) electrons. The second-order valence-corrected chi connectivity index (χ2v) is 6.10. The minimum Gasteiger partial charge on any atom is -0.288 e. The summed E-state index contributed by atoms with van der Waals surface area (Å²) in [4.78, 5) is 13.5. The molecule has 0 aliphatic heterocycles. The van der Waals surface area contributed by atoms with Crippen LogP contribution in [0.5, 0.6) is 0 Å². The molecule has 0 unspecified atom stereocenters. The molecule has 3 nitrogen and oxygen atoms in total. The second-order valence-electron chi connectivity index (χ2n) is 5.34. The number of aromatic nitrogens is 2. The van der Waals surface area contributed by atoms with E-state index in [9.17, 15) is 4.79 Å². The highest BCUT2D eigenvalue weighted by atomic mass is 32.1. The predicted octanol–water partition coefficient (Wildman–Crippen LogP) is 3.99. The van der Waals surface area contributed by atoms with E-state index in [-0.39, 0.29) is 5.78 Å². The van der Waals surface area contributed by atoms with Crippen LogP contribution in [-0.2, 0) is 6.42 Å². The van der Waals surface area contributed by atoms with Crippen molar-refractivity contribution in [2.45, 2.75) is 44.9 Å². The van der Waals surface area contributed by atoms with Crippen molar-refractivity contribution in [3.63, 3.8) is 0 Å². The van der Waals surface area contributed by atoms with Crippen LogP contribution in [0.25, 0.3) is 0 Å². The second kappa shape index (κ2) is 5.83. The molecule has 1 aliphatic rings. The maximum absolute atomic E-state index is 12.8. The van der Waals surface area contributed by atoms with Crippen LogP contribution >= 0.6 is 11.5 Å². The van der Waals surface area contributed by atoms with E-state index in [1.807, 2.05) is 18.2 Å². The third kappa shape index (κ3) is 2.40. The van der Waals surface area contributed by atoms with E-state index in [0.717, 1.165) is 29.0 Å². The summed E-state index contributed by atoms with van der Waals surface area (Å²) in [6.07, 6.45) is 5.48. The molecule has 1 aromatic carbocycles. The van der Waals surface area contributed by atoms with E-state index in [0.29, 0.717) is 5.92 Å². The van der Waals surface area contributed by atoms with Crippen LogP contribution in [0, 0.1) is 0 Å². The quantitative estimate of drug-likeness (QED) is 0.781. The molecule has 1 fully saturated rings. The lowest BCUT2D eigenvalue weighted by atomic mass is 9.77. The number of carbonyl (C=O) groups is 1. The zero-order valence-corrected chi connectivity index (χ0v) is 12.4. The SMILES string of the molecule is CCCc1nnsc1C(=O)c1ccccc1C1CCC1. The first-order valence-corrected chi connectivity index (χ1v) is 8.03. The molecule has 1 saturated carbocycles. The molecule has 0 N–H and O–H groups in total. The highest BCUT2D eigenvalue weighted by Gasteiger charge is 2.26. The number of benzene rings is 1. The van der Waals surface area contributed by atoms with Gasteiger partial charge in [0.25, 0.3) is 0 Å². The number of hydrogen-bond donors (Lipinski definition) is 0. The van der Waals surface area contributed by atoms with Crippen molar-refractivity contribution >= 4 is 17.3 Å². The molecule has 0 bridgehead atoms. The summed E-state index contributed by atoms with van der Waals surface area (Å²) in [5.74, 6) is 0.664. The van der Waals surface area contributed by atoms with Gasteiger partial charge in [-0.1, -0.05) is 48.5 Å². The predicted molar refractivity (Wildman–Crippen MR) is 80.4 cm³/mol. The summed E-state index contributed by atoms with van der Waals surface area (Å²) in [7, 11) is 0. The average Bonchev–Trinajstić information content (AvgIpc) is 2.85. The molecule has 1 heterocycles. The normalized spacial score (nSPS) is 15.1. The number of aryl methyl sites for hydroxylation is 1. The van der Waals surface area contributed by atoms with E-state index >= 15 is 0 Å². The Balaban J connectivity index is 1.96. The van der Waals surface area contributed by atoms with E-state index in [1.165, 1.54) is 36.4 Å². The van der Waals surface area contributed by atoms with E-state index in [2.05, 4.69) is 22.6 Å². The van der Waals surface area contributed by atoms with Crippen LogP contribution in [0.3, 0.4) is 0 Å². The van der Waals surface area contributed by atoms with E-state index in [1.54, 1.807) is 0 Å². The summed E-state index contributed by atoms with van der Waals surface area (Å²) in [6.45, 7) is 2.09. The Morgan fingerprint density at radius 3 is 2.85 bits per heavy atom. The average molecular weight is 286 g/mol. The smallest absolute Gasteiger partial charge is 0.206 e. The van der Waals surface area contributed by atoms with Crippen molar-refractivity contribution in [3.05, 3.63) is 46.0 Å². The first-order chi connectivity index (χ1) is 9.81. The molecule has 4 heteroatoms. The van der Waals surface area contributed by atoms with Crippen LogP contribution in [0.4, 0.5) is 0 Å². The number of rotatable bonds is 5. The largest absolute Gasteiger partial charge is 0.288 e. The van der Waals surface area contributed by atoms with Gasteiger partial charge in [-0.05, 0) is 42.3 Å². The fourth-order valence-corrected chi connectivity index (χ4v) is 3.34. The Hall–Kier alpha value is -1.55. The van der Waals surface area contributed by atoms with Crippen molar-refractivity contribution in [1.29, 1.82) is 0 Å². The number of ketones is 1. The first kappa shape index (κ1) is 13.4. The zero-order chi connectivity index (χ0) is 13.9. The maximum atomic E-state index is 12.8. The van der Waals surface area contributed by atoms with Gasteiger partial charge >= 0.3 is 0 Å². The van der Waals surface area contributed by atoms with Gasteiger partial charge < -0.3 is 0 Å². The standard InChI is InChI=1S/C16H18N2OS/c1-2-6-14-16(20-18-17-14)15(19)13-10-4-3-9-12(13)11-7-5-8-11/h3-4,9-11H,2,5-8H2,1H3. The summed E-state index contributed by atoms with van der Waals surface area (Å²) in [5.41, 5.74) is 2.91. The topological polar surface area (TPSA) is 42.9 Å². The van der Waals surface area contributed by atoms with Gasteiger partial charge in [-0.25, -0.2) is 0 Å². The first-order valence-electron chi connectivity index (χ1n) is 7.26. The lowest BCUT2D eigenvalue weighted by Crippen LogP contribution is -2.14. The Labute approximate surface area is 123 Å². The molecule has 1 aliphatic carbocycles. The van der Waals surface area contributed by atoms with Crippen molar-refractivity contribution < 1.29 is 4.79 Å². The van der Waals surface area contributed by atoms with Gasteiger partial charge in [0.05, 0.1) is 5.69 Å². The monoisotopic (exact) mass is 286 g/mol. The lowest BCUT2D eigenvalue weighted by Gasteiger charge is -2.27. The molecule has 0 atom stereocenters. The Morgan fingerprint density at radius 2 is 2.15 bits per heavy atom. The number of nitrogens with zero attached hydrogens (tertiary/aromatic N) is 2. The Bertz CT molecular complexity index is 616. The molecular formula is C16H18N2OS. The Kier molecular flexibility index (Phi) is 3.92. The minimum absolute atomic E-state index is 0.103. The lowest BCUT2D eigenvalue weighted by molar-refractivity contribution is 0.103. The summed E-state index contributed by atoms with van der Waals surface area (Å²) in [5, 5.41) is 4.11. The number of hydrogen-bond acceptors (Lipinski definition) is 4. The van der Waals surface area contributed by atoms with Gasteiger partial charge in [-0.3, -0.25) is 4.79 Å². The molecule has 1 aromatic heterocycles. The molecule has 3 rings (SSSR count). The van der Waals surface area contributed by atoms with Crippen molar-refractivity contribution in [2.75, 3.05) is 0 Å².